The average molecular weight is 283 g/mol. The zero-order valence-electron chi connectivity index (χ0n) is 12.5. The largest absolute Gasteiger partial charge is 0.504 e. The summed E-state index contributed by atoms with van der Waals surface area (Å²) >= 11 is 0. The second-order valence-electron chi connectivity index (χ2n) is 6.00. The van der Waals surface area contributed by atoms with E-state index < -0.39 is 0 Å². The van der Waals surface area contributed by atoms with Crippen molar-refractivity contribution in [3.05, 3.63) is 58.1 Å². The van der Waals surface area contributed by atoms with Crippen molar-refractivity contribution in [2.45, 2.75) is 32.7 Å². The van der Waals surface area contributed by atoms with Gasteiger partial charge in [0.2, 0.25) is 0 Å². The molecular formula is C18H21NO2. The van der Waals surface area contributed by atoms with E-state index in [0.29, 0.717) is 0 Å². The molecule has 0 aliphatic carbocycles. The third-order valence-electron chi connectivity index (χ3n) is 4.12. The monoisotopic (exact) mass is 283 g/mol. The van der Waals surface area contributed by atoms with Crippen LogP contribution in [0.1, 0.15) is 33.9 Å². The molecule has 0 saturated heterocycles. The zero-order valence-corrected chi connectivity index (χ0v) is 12.5. The normalized spacial score (nSPS) is 17.5. The first-order valence-electron chi connectivity index (χ1n) is 7.38. The highest BCUT2D eigenvalue weighted by Gasteiger charge is 2.22. The molecule has 1 heterocycles. The molecule has 1 aliphatic heterocycles. The summed E-state index contributed by atoms with van der Waals surface area (Å²) in [5.74, 6) is -0.0660. The highest BCUT2D eigenvalue weighted by Crippen LogP contribution is 2.34. The zero-order chi connectivity index (χ0) is 15.0. The Bertz CT molecular complexity index is 659. The van der Waals surface area contributed by atoms with Crippen molar-refractivity contribution >= 4 is 0 Å². The van der Waals surface area contributed by atoms with Gasteiger partial charge in [0, 0.05) is 6.04 Å². The number of phenols is 2. The fourth-order valence-corrected chi connectivity index (χ4v) is 3.27. The van der Waals surface area contributed by atoms with Gasteiger partial charge in [0.05, 0.1) is 0 Å². The summed E-state index contributed by atoms with van der Waals surface area (Å²) in [6.07, 6.45) is 1.77. The number of aromatic hydroxyl groups is 2. The fourth-order valence-electron chi connectivity index (χ4n) is 3.27. The number of fused-ring (bicyclic) bond motifs is 1. The maximum Gasteiger partial charge on any atom is 0.157 e. The lowest BCUT2D eigenvalue weighted by Gasteiger charge is -2.27. The molecule has 0 spiro atoms. The maximum atomic E-state index is 9.77. The van der Waals surface area contributed by atoms with Crippen LogP contribution in [0, 0.1) is 13.8 Å². The molecule has 3 rings (SSSR count). The Morgan fingerprint density at radius 2 is 1.67 bits per heavy atom. The summed E-state index contributed by atoms with van der Waals surface area (Å²) in [6.45, 7) is 5.12. The van der Waals surface area contributed by atoms with Gasteiger partial charge >= 0.3 is 0 Å². The second kappa shape index (κ2) is 5.41. The number of aryl methyl sites for hydroxylation is 2. The molecule has 0 bridgehead atoms. The molecule has 110 valence electrons. The van der Waals surface area contributed by atoms with Crippen LogP contribution in [0.2, 0.25) is 0 Å². The third kappa shape index (κ3) is 2.88. The summed E-state index contributed by atoms with van der Waals surface area (Å²) in [7, 11) is 0. The number of phenolic OH excluding ortho intramolecular Hbond substituents is 2. The summed E-state index contributed by atoms with van der Waals surface area (Å²) < 4.78 is 0. The molecule has 0 amide bonds. The standard InChI is InChI=1S/C18H21NO2/c1-11-5-12(2)7-13(6-11)8-16-15-10-18(21)17(20)9-14(15)3-4-19-16/h5-7,9-10,16,19-21H,3-4,8H2,1-2H3. The van der Waals surface area contributed by atoms with Crippen molar-refractivity contribution < 1.29 is 10.2 Å². The third-order valence-corrected chi connectivity index (χ3v) is 4.12. The molecule has 3 nitrogen and oxygen atoms in total. The van der Waals surface area contributed by atoms with Crippen molar-refractivity contribution in [1.82, 2.24) is 5.32 Å². The predicted octanol–water partition coefficient (Wildman–Crippen LogP) is 3.14. The van der Waals surface area contributed by atoms with E-state index in [-0.39, 0.29) is 17.5 Å². The first-order chi connectivity index (χ1) is 10.0. The van der Waals surface area contributed by atoms with Crippen LogP contribution in [0.15, 0.2) is 30.3 Å². The fraction of sp³-hybridized carbons (Fsp3) is 0.333. The molecular weight excluding hydrogens is 262 g/mol. The van der Waals surface area contributed by atoms with E-state index in [9.17, 15) is 10.2 Å². The molecule has 1 unspecified atom stereocenters. The minimum atomic E-state index is -0.0390. The van der Waals surface area contributed by atoms with Gasteiger partial charge in [-0.15, -0.1) is 0 Å². The van der Waals surface area contributed by atoms with E-state index in [1.807, 2.05) is 0 Å². The topological polar surface area (TPSA) is 52.5 Å². The Morgan fingerprint density at radius 1 is 1.00 bits per heavy atom. The van der Waals surface area contributed by atoms with Crippen molar-refractivity contribution in [3.8, 4) is 11.5 Å². The summed E-state index contributed by atoms with van der Waals surface area (Å²) in [5, 5.41) is 22.9. The van der Waals surface area contributed by atoms with E-state index >= 15 is 0 Å². The molecule has 3 heteroatoms. The number of rotatable bonds is 2. The van der Waals surface area contributed by atoms with Crippen molar-refractivity contribution in [1.29, 1.82) is 0 Å². The van der Waals surface area contributed by atoms with Crippen LogP contribution in [0.5, 0.6) is 11.5 Å². The Labute approximate surface area is 125 Å². The smallest absolute Gasteiger partial charge is 0.157 e. The van der Waals surface area contributed by atoms with Crippen LogP contribution in [-0.4, -0.2) is 16.8 Å². The van der Waals surface area contributed by atoms with Crippen molar-refractivity contribution in [2.75, 3.05) is 6.54 Å². The molecule has 1 aliphatic rings. The number of hydrogen-bond donors (Lipinski definition) is 3. The number of hydrogen-bond acceptors (Lipinski definition) is 3. The molecule has 0 saturated carbocycles. The van der Waals surface area contributed by atoms with Crippen LogP contribution >= 0.6 is 0 Å². The van der Waals surface area contributed by atoms with E-state index in [0.717, 1.165) is 30.5 Å². The summed E-state index contributed by atoms with van der Waals surface area (Å²) in [5.41, 5.74) is 6.06. The Kier molecular flexibility index (Phi) is 3.60. The molecule has 0 radical (unpaired) electrons. The summed E-state index contributed by atoms with van der Waals surface area (Å²) in [6, 6.07) is 10.2. The van der Waals surface area contributed by atoms with Gasteiger partial charge in [-0.2, -0.15) is 0 Å². The summed E-state index contributed by atoms with van der Waals surface area (Å²) in [4.78, 5) is 0. The van der Waals surface area contributed by atoms with Gasteiger partial charge in [0.1, 0.15) is 0 Å². The number of nitrogens with one attached hydrogen (secondary N) is 1. The highest BCUT2D eigenvalue weighted by molar-refractivity contribution is 5.48. The van der Waals surface area contributed by atoms with E-state index in [1.54, 1.807) is 12.1 Å². The quantitative estimate of drug-likeness (QED) is 0.742. The second-order valence-corrected chi connectivity index (χ2v) is 6.00. The van der Waals surface area contributed by atoms with Crippen LogP contribution in [-0.2, 0) is 12.8 Å². The minimum absolute atomic E-state index is 0.0270. The van der Waals surface area contributed by atoms with Crippen LogP contribution in [0.4, 0.5) is 0 Å². The van der Waals surface area contributed by atoms with E-state index in [4.69, 9.17) is 0 Å². The van der Waals surface area contributed by atoms with E-state index in [1.165, 1.54) is 16.7 Å². The van der Waals surface area contributed by atoms with E-state index in [2.05, 4.69) is 37.4 Å². The lowest BCUT2D eigenvalue weighted by atomic mass is 9.89. The average Bonchev–Trinajstić information content (AvgIpc) is 2.40. The van der Waals surface area contributed by atoms with Gasteiger partial charge in [0.15, 0.2) is 11.5 Å². The molecule has 1 atom stereocenters. The molecule has 2 aromatic rings. The van der Waals surface area contributed by atoms with Gasteiger partial charge < -0.3 is 15.5 Å². The van der Waals surface area contributed by atoms with Gasteiger partial charge in [-0.25, -0.2) is 0 Å². The molecule has 2 aromatic carbocycles. The molecule has 0 aromatic heterocycles. The van der Waals surface area contributed by atoms with Gasteiger partial charge in [0.25, 0.3) is 0 Å². The Morgan fingerprint density at radius 3 is 2.38 bits per heavy atom. The van der Waals surface area contributed by atoms with Crippen molar-refractivity contribution in [3.63, 3.8) is 0 Å². The van der Waals surface area contributed by atoms with Crippen LogP contribution < -0.4 is 5.32 Å². The first kappa shape index (κ1) is 14.0. The Hall–Kier alpha value is -2.00. The lowest BCUT2D eigenvalue weighted by molar-refractivity contribution is 0.398. The van der Waals surface area contributed by atoms with Crippen LogP contribution in [0.3, 0.4) is 0 Å². The van der Waals surface area contributed by atoms with Gasteiger partial charge in [-0.1, -0.05) is 29.3 Å². The van der Waals surface area contributed by atoms with Gasteiger partial charge in [-0.05, 0) is 62.1 Å². The Balaban J connectivity index is 1.93. The molecule has 3 N–H and O–H groups in total. The molecule has 21 heavy (non-hydrogen) atoms. The van der Waals surface area contributed by atoms with Gasteiger partial charge in [-0.3, -0.25) is 0 Å². The van der Waals surface area contributed by atoms with Crippen LogP contribution in [0.25, 0.3) is 0 Å². The maximum absolute atomic E-state index is 9.77. The first-order valence-corrected chi connectivity index (χ1v) is 7.38. The SMILES string of the molecule is Cc1cc(C)cc(CC2NCCc3cc(O)c(O)cc32)c1. The highest BCUT2D eigenvalue weighted by atomic mass is 16.3. The minimum Gasteiger partial charge on any atom is -0.504 e. The van der Waals surface area contributed by atoms with Crippen molar-refractivity contribution in [2.24, 2.45) is 0 Å². The number of benzene rings is 2. The predicted molar refractivity (Wildman–Crippen MR) is 83.8 cm³/mol. The lowest BCUT2D eigenvalue weighted by Crippen LogP contribution is -2.31. The molecule has 0 fully saturated rings.